The lowest BCUT2D eigenvalue weighted by Crippen LogP contribution is -2.23. The molecule has 1 aromatic heterocycles. The van der Waals surface area contributed by atoms with Crippen molar-refractivity contribution in [3.8, 4) is 17.2 Å². The lowest BCUT2D eigenvalue weighted by molar-refractivity contribution is -0.268. The number of hydrogen-bond acceptors (Lipinski definition) is 8. The van der Waals surface area contributed by atoms with Crippen LogP contribution in [0.3, 0.4) is 0 Å². The molecule has 0 fully saturated rings. The summed E-state index contributed by atoms with van der Waals surface area (Å²) in [7, 11) is 0. The second-order valence-electron chi connectivity index (χ2n) is 6.09. The Bertz CT molecular complexity index is 1020. The highest BCUT2D eigenvalue weighted by Gasteiger charge is 2.16. The predicted molar refractivity (Wildman–Crippen MR) is 99.0 cm³/mol. The van der Waals surface area contributed by atoms with E-state index >= 15 is 0 Å². The van der Waals surface area contributed by atoms with E-state index in [1.54, 1.807) is 4.90 Å². The van der Waals surface area contributed by atoms with Crippen LogP contribution in [-0.2, 0) is 13.1 Å². The molecule has 0 bridgehead atoms. The minimum absolute atomic E-state index is 0.0311. The van der Waals surface area contributed by atoms with E-state index in [1.165, 1.54) is 48.9 Å². The molecule has 144 valence electrons. The van der Waals surface area contributed by atoms with Gasteiger partial charge in [-0.3, -0.25) is 0 Å². The number of aromatic hydroxyl groups is 2. The molecular formula is C19H17N4O5-. The van der Waals surface area contributed by atoms with Gasteiger partial charge in [0.2, 0.25) is 0 Å². The Labute approximate surface area is 160 Å². The van der Waals surface area contributed by atoms with Gasteiger partial charge in [-0.15, -0.1) is 0 Å². The minimum Gasteiger partial charge on any atom is -0.872 e. The van der Waals surface area contributed by atoms with Crippen molar-refractivity contribution in [3.05, 3.63) is 65.6 Å². The Morgan fingerprint density at radius 1 is 1.11 bits per heavy atom. The van der Waals surface area contributed by atoms with Crippen LogP contribution in [-0.4, -0.2) is 31.3 Å². The van der Waals surface area contributed by atoms with Crippen LogP contribution in [0.4, 0.5) is 11.5 Å². The van der Waals surface area contributed by atoms with Gasteiger partial charge in [-0.25, -0.2) is 14.8 Å². The highest BCUT2D eigenvalue weighted by Crippen LogP contribution is 2.29. The van der Waals surface area contributed by atoms with Crippen molar-refractivity contribution >= 4 is 17.5 Å². The van der Waals surface area contributed by atoms with Crippen molar-refractivity contribution in [2.45, 2.75) is 13.1 Å². The molecule has 0 aliphatic heterocycles. The highest BCUT2D eigenvalue weighted by molar-refractivity contribution is 5.91. The van der Waals surface area contributed by atoms with Crippen LogP contribution in [0.5, 0.6) is 17.2 Å². The Hall–Kier alpha value is -4.01. The molecule has 9 heteroatoms. The Kier molecular flexibility index (Phi) is 5.16. The van der Waals surface area contributed by atoms with Crippen molar-refractivity contribution in [2.75, 3.05) is 10.6 Å². The number of benzene rings is 2. The van der Waals surface area contributed by atoms with Gasteiger partial charge >= 0.3 is 5.97 Å². The first-order valence-electron chi connectivity index (χ1n) is 8.19. The molecule has 3 aromatic rings. The summed E-state index contributed by atoms with van der Waals surface area (Å²) in [6.07, 6.45) is 2.83. The third-order valence-electron chi connectivity index (χ3n) is 4.17. The standard InChI is InChI=1S/C19H18N4O5/c20-18-12(7-21-10-22-18)9-23(8-11-5-14(24)2-4-16(11)25)13-1-3-17(26)15(6-13)19(27)28/h1-7,10,24-26H,8-9H2,(H,27,28)(H2,20,21,22)/p-1. The number of aromatic carboxylic acids is 1. The fraction of sp³-hybridized carbons (Fsp3) is 0.105. The maximum Gasteiger partial charge on any atom is 0.335 e. The number of aromatic nitrogens is 2. The summed E-state index contributed by atoms with van der Waals surface area (Å²) >= 11 is 0. The molecule has 0 amide bonds. The van der Waals surface area contributed by atoms with Crippen LogP contribution in [0.15, 0.2) is 48.9 Å². The number of hydrogen-bond donors (Lipinski definition) is 4. The van der Waals surface area contributed by atoms with Gasteiger partial charge in [0.15, 0.2) is 0 Å². The Morgan fingerprint density at radius 3 is 2.57 bits per heavy atom. The summed E-state index contributed by atoms with van der Waals surface area (Å²) < 4.78 is 0. The van der Waals surface area contributed by atoms with Gasteiger partial charge in [-0.05, 0) is 30.3 Å². The maximum atomic E-state index is 11.8. The van der Waals surface area contributed by atoms with Crippen LogP contribution in [0, 0.1) is 0 Å². The molecule has 5 N–H and O–H groups in total. The Balaban J connectivity index is 2.04. The molecule has 0 saturated heterocycles. The van der Waals surface area contributed by atoms with Crippen LogP contribution in [0.2, 0.25) is 0 Å². The topological polar surface area (TPSA) is 156 Å². The number of phenolic OH excluding ortho intramolecular Hbond substituents is 2. The zero-order valence-corrected chi connectivity index (χ0v) is 14.6. The maximum absolute atomic E-state index is 11.8. The summed E-state index contributed by atoms with van der Waals surface area (Å²) in [5, 5.41) is 40.9. The van der Waals surface area contributed by atoms with E-state index < -0.39 is 11.7 Å². The molecule has 0 radical (unpaired) electrons. The van der Waals surface area contributed by atoms with Gasteiger partial charge in [0.25, 0.3) is 0 Å². The van der Waals surface area contributed by atoms with E-state index in [4.69, 9.17) is 5.73 Å². The normalized spacial score (nSPS) is 10.6. The second kappa shape index (κ2) is 7.70. The third-order valence-corrected chi connectivity index (χ3v) is 4.17. The molecule has 2 aromatic carbocycles. The van der Waals surface area contributed by atoms with Gasteiger partial charge < -0.3 is 31.1 Å². The van der Waals surface area contributed by atoms with E-state index in [1.807, 2.05) is 0 Å². The number of nitrogens with zero attached hydrogens (tertiary/aromatic N) is 3. The summed E-state index contributed by atoms with van der Waals surface area (Å²) in [5.41, 5.74) is 6.91. The van der Waals surface area contributed by atoms with Crippen molar-refractivity contribution in [3.63, 3.8) is 0 Å². The Morgan fingerprint density at radius 2 is 1.86 bits per heavy atom. The number of anilines is 2. The summed E-state index contributed by atoms with van der Waals surface area (Å²) in [5.74, 6) is -1.78. The quantitative estimate of drug-likeness (QED) is 0.464. The molecule has 0 saturated carbocycles. The number of rotatable bonds is 6. The van der Waals surface area contributed by atoms with E-state index in [9.17, 15) is 25.2 Å². The SMILES string of the molecule is Nc1ncncc1CN(Cc1cc(O)ccc1O)c1ccc([O-])c(C(=O)O)c1. The van der Waals surface area contributed by atoms with E-state index in [0.717, 1.165) is 0 Å². The number of nitrogens with two attached hydrogens (primary N) is 1. The molecule has 1 heterocycles. The van der Waals surface area contributed by atoms with Crippen molar-refractivity contribution in [1.29, 1.82) is 0 Å². The lowest BCUT2D eigenvalue weighted by atomic mass is 10.1. The highest BCUT2D eigenvalue weighted by atomic mass is 16.4. The van der Waals surface area contributed by atoms with Crippen molar-refractivity contribution in [2.24, 2.45) is 0 Å². The molecule has 0 atom stereocenters. The summed E-state index contributed by atoms with van der Waals surface area (Å²) in [6.45, 7) is 0.283. The average Bonchev–Trinajstić information content (AvgIpc) is 2.66. The molecule has 0 aliphatic rings. The number of phenols is 2. The molecule has 0 unspecified atom stereocenters. The molecule has 0 aliphatic carbocycles. The van der Waals surface area contributed by atoms with Gasteiger partial charge in [0.05, 0.1) is 5.56 Å². The fourth-order valence-electron chi connectivity index (χ4n) is 2.72. The molecule has 9 nitrogen and oxygen atoms in total. The van der Waals surface area contributed by atoms with E-state index in [0.29, 0.717) is 16.8 Å². The number of carboxylic acids is 1. The molecule has 3 rings (SSSR count). The van der Waals surface area contributed by atoms with Crippen LogP contribution in [0.1, 0.15) is 21.5 Å². The van der Waals surface area contributed by atoms with Crippen LogP contribution >= 0.6 is 0 Å². The van der Waals surface area contributed by atoms with Gasteiger partial charge in [-0.2, -0.15) is 0 Å². The van der Waals surface area contributed by atoms with Crippen molar-refractivity contribution in [1.82, 2.24) is 9.97 Å². The molecule has 0 spiro atoms. The number of carbonyl (C=O) groups is 1. The van der Waals surface area contributed by atoms with Crippen LogP contribution < -0.4 is 15.7 Å². The largest absolute Gasteiger partial charge is 0.872 e. The van der Waals surface area contributed by atoms with Crippen LogP contribution in [0.25, 0.3) is 0 Å². The van der Waals surface area contributed by atoms with E-state index in [-0.39, 0.29) is 36.0 Å². The summed E-state index contributed by atoms with van der Waals surface area (Å²) in [6, 6.07) is 8.00. The first-order chi connectivity index (χ1) is 13.3. The van der Waals surface area contributed by atoms with Gasteiger partial charge in [-0.1, -0.05) is 11.8 Å². The predicted octanol–water partition coefficient (Wildman–Crippen LogP) is 1.45. The molecular weight excluding hydrogens is 364 g/mol. The minimum atomic E-state index is -1.34. The first kappa shape index (κ1) is 18.8. The zero-order chi connectivity index (χ0) is 20.3. The average molecular weight is 381 g/mol. The van der Waals surface area contributed by atoms with Gasteiger partial charge in [0, 0.05) is 36.1 Å². The number of carboxylic acid groups (broad SMARTS) is 1. The first-order valence-corrected chi connectivity index (χ1v) is 8.19. The monoisotopic (exact) mass is 381 g/mol. The van der Waals surface area contributed by atoms with E-state index in [2.05, 4.69) is 9.97 Å². The third kappa shape index (κ3) is 4.04. The van der Waals surface area contributed by atoms with Gasteiger partial charge in [0.1, 0.15) is 23.6 Å². The lowest BCUT2D eigenvalue weighted by Gasteiger charge is -2.27. The zero-order valence-electron chi connectivity index (χ0n) is 14.6. The second-order valence-corrected chi connectivity index (χ2v) is 6.09. The van der Waals surface area contributed by atoms with Crippen molar-refractivity contribution < 1.29 is 25.2 Å². The summed E-state index contributed by atoms with van der Waals surface area (Å²) in [4.78, 5) is 20.9. The molecule has 28 heavy (non-hydrogen) atoms. The smallest absolute Gasteiger partial charge is 0.335 e. The fourth-order valence-corrected chi connectivity index (χ4v) is 2.72. The number of nitrogen functional groups attached to an aromatic ring is 1.